The molecule has 2 aliphatic heterocycles. The van der Waals surface area contributed by atoms with E-state index in [1.54, 1.807) is 19.5 Å². The summed E-state index contributed by atoms with van der Waals surface area (Å²) in [4.78, 5) is 31.9. The SMILES string of the molecule is CCc1cc(Nc2nc(Nc3ccc4nccnc4c3N(C)C)c3cc[nH]c3n2)c(OC)cc1N1CCC(N2CCN(C)CC2)CC1. The first-order chi connectivity index (χ1) is 22.9. The zero-order valence-corrected chi connectivity index (χ0v) is 28.0. The number of piperazine rings is 1. The number of aryl methyl sites for hydroxylation is 1. The molecule has 0 amide bonds. The van der Waals surface area contributed by atoms with Crippen LogP contribution < -0.4 is 25.2 Å². The number of methoxy groups -OCH3 is 1. The summed E-state index contributed by atoms with van der Waals surface area (Å²) in [6.45, 7) is 9.01. The van der Waals surface area contributed by atoms with Crippen LogP contribution in [0.15, 0.2) is 48.9 Å². The van der Waals surface area contributed by atoms with Gasteiger partial charge < -0.3 is 35.1 Å². The first-order valence-electron chi connectivity index (χ1n) is 16.6. The Kier molecular flexibility index (Phi) is 8.70. The molecular formula is C35H45N11O. The monoisotopic (exact) mass is 635 g/mol. The van der Waals surface area contributed by atoms with Crippen LogP contribution in [-0.2, 0) is 6.42 Å². The molecule has 2 aliphatic rings. The van der Waals surface area contributed by atoms with Gasteiger partial charge in [0, 0.05) is 89.8 Å². The molecule has 2 aromatic carbocycles. The fourth-order valence-electron chi connectivity index (χ4n) is 7.03. The third kappa shape index (κ3) is 6.22. The number of hydrogen-bond donors (Lipinski definition) is 3. The zero-order chi connectivity index (χ0) is 32.5. The summed E-state index contributed by atoms with van der Waals surface area (Å²) < 4.78 is 5.96. The van der Waals surface area contributed by atoms with Gasteiger partial charge in [0.25, 0.3) is 0 Å². The van der Waals surface area contributed by atoms with Crippen molar-refractivity contribution in [3.8, 4) is 5.75 Å². The Morgan fingerprint density at radius 2 is 1.72 bits per heavy atom. The molecule has 3 aromatic heterocycles. The molecule has 0 spiro atoms. The van der Waals surface area contributed by atoms with Gasteiger partial charge in [-0.05, 0) is 56.1 Å². The van der Waals surface area contributed by atoms with Crippen molar-refractivity contribution in [2.75, 3.05) is 88.0 Å². The Hall–Kier alpha value is -4.68. The number of benzene rings is 2. The Bertz CT molecular complexity index is 1860. The minimum Gasteiger partial charge on any atom is -0.494 e. The van der Waals surface area contributed by atoms with E-state index in [-0.39, 0.29) is 0 Å². The molecule has 3 N–H and O–H groups in total. The predicted octanol–water partition coefficient (Wildman–Crippen LogP) is 5.24. The largest absolute Gasteiger partial charge is 0.494 e. The average Bonchev–Trinajstić information content (AvgIpc) is 3.57. The number of hydrogen-bond acceptors (Lipinski definition) is 11. The van der Waals surface area contributed by atoms with E-state index in [0.29, 0.717) is 17.8 Å². The number of H-pyrrole nitrogens is 1. The lowest BCUT2D eigenvalue weighted by Gasteiger charge is -2.43. The Labute approximate surface area is 276 Å². The summed E-state index contributed by atoms with van der Waals surface area (Å²) >= 11 is 0. The van der Waals surface area contributed by atoms with Crippen LogP contribution in [0.2, 0.25) is 0 Å². The third-order valence-corrected chi connectivity index (χ3v) is 9.62. The summed E-state index contributed by atoms with van der Waals surface area (Å²) in [7, 11) is 7.96. The molecule has 2 saturated heterocycles. The summed E-state index contributed by atoms with van der Waals surface area (Å²) in [5.41, 5.74) is 7.57. The molecule has 0 unspecified atom stereocenters. The maximum absolute atomic E-state index is 5.96. The molecule has 12 nitrogen and oxygen atoms in total. The number of rotatable bonds is 9. The fourth-order valence-corrected chi connectivity index (χ4v) is 7.03. The molecule has 12 heteroatoms. The van der Waals surface area contributed by atoms with Crippen LogP contribution in [0.25, 0.3) is 22.1 Å². The molecule has 2 fully saturated rings. The van der Waals surface area contributed by atoms with E-state index in [4.69, 9.17) is 14.7 Å². The van der Waals surface area contributed by atoms with Crippen LogP contribution >= 0.6 is 0 Å². The molecule has 5 aromatic rings. The maximum Gasteiger partial charge on any atom is 0.231 e. The lowest BCUT2D eigenvalue weighted by atomic mass is 9.99. The van der Waals surface area contributed by atoms with Crippen LogP contribution in [0.1, 0.15) is 25.3 Å². The number of nitrogens with one attached hydrogen (secondary N) is 3. The second-order valence-corrected chi connectivity index (χ2v) is 12.8. The normalized spacial score (nSPS) is 16.6. The number of aromatic amines is 1. The van der Waals surface area contributed by atoms with Crippen molar-refractivity contribution >= 4 is 56.6 Å². The van der Waals surface area contributed by atoms with Crippen molar-refractivity contribution < 1.29 is 4.74 Å². The molecule has 0 radical (unpaired) electrons. The summed E-state index contributed by atoms with van der Waals surface area (Å²) in [6, 6.07) is 11.0. The van der Waals surface area contributed by atoms with Crippen LogP contribution in [0.4, 0.5) is 34.5 Å². The molecule has 7 rings (SSSR count). The topological polar surface area (TPSA) is 114 Å². The summed E-state index contributed by atoms with van der Waals surface area (Å²) in [5.74, 6) is 1.92. The Balaban J connectivity index is 1.15. The summed E-state index contributed by atoms with van der Waals surface area (Å²) in [5, 5.41) is 7.94. The first-order valence-corrected chi connectivity index (χ1v) is 16.6. The van der Waals surface area contributed by atoms with Crippen molar-refractivity contribution in [2.24, 2.45) is 0 Å². The Morgan fingerprint density at radius 1 is 0.936 bits per heavy atom. The van der Waals surface area contributed by atoms with E-state index < -0.39 is 0 Å². The quantitative estimate of drug-likeness (QED) is 0.198. The lowest BCUT2D eigenvalue weighted by Crippen LogP contribution is -2.52. The number of aromatic nitrogens is 5. The van der Waals surface area contributed by atoms with Crippen molar-refractivity contribution in [1.82, 2.24) is 34.7 Å². The first kappa shape index (κ1) is 30.9. The van der Waals surface area contributed by atoms with Gasteiger partial charge in [0.15, 0.2) is 0 Å². The van der Waals surface area contributed by atoms with Crippen LogP contribution in [0, 0.1) is 0 Å². The van der Waals surface area contributed by atoms with E-state index in [9.17, 15) is 0 Å². The number of fused-ring (bicyclic) bond motifs is 2. The molecule has 0 atom stereocenters. The van der Waals surface area contributed by atoms with Gasteiger partial charge in [-0.15, -0.1) is 0 Å². The highest BCUT2D eigenvalue weighted by molar-refractivity contribution is 5.99. The molecule has 0 aliphatic carbocycles. The van der Waals surface area contributed by atoms with E-state index in [0.717, 1.165) is 64.4 Å². The van der Waals surface area contributed by atoms with Gasteiger partial charge in [-0.1, -0.05) is 6.92 Å². The Morgan fingerprint density at radius 3 is 2.47 bits per heavy atom. The number of anilines is 6. The van der Waals surface area contributed by atoms with E-state index in [2.05, 4.69) is 66.4 Å². The molecule has 5 heterocycles. The van der Waals surface area contributed by atoms with Crippen LogP contribution in [0.3, 0.4) is 0 Å². The molecule has 0 saturated carbocycles. The lowest BCUT2D eigenvalue weighted by molar-refractivity contribution is 0.0982. The molecule has 47 heavy (non-hydrogen) atoms. The minimum atomic E-state index is 0.468. The van der Waals surface area contributed by atoms with E-state index >= 15 is 0 Å². The van der Waals surface area contributed by atoms with Gasteiger partial charge >= 0.3 is 0 Å². The van der Waals surface area contributed by atoms with Crippen molar-refractivity contribution in [3.63, 3.8) is 0 Å². The maximum atomic E-state index is 5.96. The molecule has 0 bridgehead atoms. The van der Waals surface area contributed by atoms with Gasteiger partial charge in [0.1, 0.15) is 22.7 Å². The van der Waals surface area contributed by atoms with Gasteiger partial charge in [0.2, 0.25) is 5.95 Å². The number of piperidine rings is 1. The van der Waals surface area contributed by atoms with Gasteiger partial charge in [0.05, 0.1) is 35.1 Å². The highest BCUT2D eigenvalue weighted by Gasteiger charge is 2.28. The number of ether oxygens (including phenoxy) is 1. The number of likely N-dealkylation sites (N-methyl/N-ethyl adjacent to an activating group) is 1. The van der Waals surface area contributed by atoms with Gasteiger partial charge in [-0.3, -0.25) is 14.9 Å². The summed E-state index contributed by atoms with van der Waals surface area (Å²) in [6.07, 6.45) is 8.60. The molecular weight excluding hydrogens is 590 g/mol. The van der Waals surface area contributed by atoms with Crippen LogP contribution in [-0.4, -0.2) is 108 Å². The molecule has 246 valence electrons. The number of nitrogens with zero attached hydrogens (tertiary/aromatic N) is 8. The average molecular weight is 636 g/mol. The predicted molar refractivity (Wildman–Crippen MR) is 191 cm³/mol. The van der Waals surface area contributed by atoms with Gasteiger partial charge in [-0.25, -0.2) is 0 Å². The van der Waals surface area contributed by atoms with Crippen molar-refractivity contribution in [1.29, 1.82) is 0 Å². The van der Waals surface area contributed by atoms with Crippen molar-refractivity contribution in [2.45, 2.75) is 32.2 Å². The van der Waals surface area contributed by atoms with Crippen molar-refractivity contribution in [3.05, 3.63) is 54.5 Å². The second-order valence-electron chi connectivity index (χ2n) is 12.8. The van der Waals surface area contributed by atoms with Crippen LogP contribution in [0.5, 0.6) is 5.75 Å². The minimum absolute atomic E-state index is 0.468. The van der Waals surface area contributed by atoms with Gasteiger partial charge in [-0.2, -0.15) is 9.97 Å². The van der Waals surface area contributed by atoms with E-state index in [1.165, 1.54) is 50.3 Å². The smallest absolute Gasteiger partial charge is 0.231 e. The highest BCUT2D eigenvalue weighted by atomic mass is 16.5. The third-order valence-electron chi connectivity index (χ3n) is 9.62. The zero-order valence-electron chi connectivity index (χ0n) is 28.0. The second kappa shape index (κ2) is 13.2. The fraction of sp³-hybridized carbons (Fsp3) is 0.429. The highest BCUT2D eigenvalue weighted by Crippen LogP contribution is 2.38. The van der Waals surface area contributed by atoms with E-state index in [1.807, 2.05) is 43.4 Å². The standard InChI is InChI=1S/C35H45N11O/c1-6-23-21-28(30(47-5)22-29(23)46-15-10-24(11-16-46)45-19-17-44(4)18-20-45)40-35-41-33-25(9-12-38-33)34(42-35)39-27-8-7-26-31(32(27)43(2)3)37-14-13-36-26/h7-9,12-14,21-22,24H,6,10-11,15-20H2,1-5H3,(H3,38,39,40,41,42).